The number of anilines is 1. The fourth-order valence-electron chi connectivity index (χ4n) is 1.62. The minimum Gasteiger partial charge on any atom is -0.382 e. The van der Waals surface area contributed by atoms with E-state index in [2.05, 4.69) is 37.4 Å². The van der Waals surface area contributed by atoms with Gasteiger partial charge in [0.05, 0.1) is 11.9 Å². The van der Waals surface area contributed by atoms with Crippen LogP contribution in [0.25, 0.3) is 0 Å². The smallest absolute Gasteiger partial charge is 0.282 e. The van der Waals surface area contributed by atoms with Crippen molar-refractivity contribution in [3.63, 3.8) is 0 Å². The quantitative estimate of drug-likeness (QED) is 0.934. The van der Waals surface area contributed by atoms with Gasteiger partial charge in [0, 0.05) is 25.5 Å². The Morgan fingerprint density at radius 3 is 2.84 bits per heavy atom. The predicted molar refractivity (Wildman–Crippen MR) is 78.3 cm³/mol. The number of nitrogens with one attached hydrogen (secondary N) is 1. The van der Waals surface area contributed by atoms with Crippen molar-refractivity contribution >= 4 is 21.6 Å². The zero-order chi connectivity index (χ0) is 13.8. The number of aromatic nitrogens is 3. The minimum absolute atomic E-state index is 0.151. The van der Waals surface area contributed by atoms with Gasteiger partial charge in [-0.25, -0.2) is 4.68 Å². The van der Waals surface area contributed by atoms with Gasteiger partial charge in [0.1, 0.15) is 4.47 Å². The zero-order valence-electron chi connectivity index (χ0n) is 10.9. The number of pyridine rings is 1. The second-order valence-corrected chi connectivity index (χ2v) is 5.08. The van der Waals surface area contributed by atoms with Gasteiger partial charge in [-0.3, -0.25) is 9.78 Å². The topological polar surface area (TPSA) is 59.8 Å². The van der Waals surface area contributed by atoms with Crippen LogP contribution < -0.4 is 10.9 Å². The highest BCUT2D eigenvalue weighted by molar-refractivity contribution is 9.10. The Bertz CT molecular complexity index is 622. The molecule has 2 heterocycles. The van der Waals surface area contributed by atoms with Crippen LogP contribution in [0.15, 0.2) is 33.8 Å². The summed E-state index contributed by atoms with van der Waals surface area (Å²) in [6.45, 7) is 2.68. The molecule has 0 spiro atoms. The highest BCUT2D eigenvalue weighted by Crippen LogP contribution is 2.15. The highest BCUT2D eigenvalue weighted by atomic mass is 79.9. The normalized spacial score (nSPS) is 10.5. The van der Waals surface area contributed by atoms with E-state index in [0.29, 0.717) is 10.2 Å². The van der Waals surface area contributed by atoms with E-state index < -0.39 is 0 Å². The summed E-state index contributed by atoms with van der Waals surface area (Å²) >= 11 is 3.28. The van der Waals surface area contributed by atoms with Gasteiger partial charge in [0.25, 0.3) is 5.56 Å². The van der Waals surface area contributed by atoms with Crippen LogP contribution in [0.5, 0.6) is 0 Å². The molecule has 0 atom stereocenters. The van der Waals surface area contributed by atoms with Gasteiger partial charge in [-0.05, 0) is 40.9 Å². The molecule has 0 aliphatic heterocycles. The van der Waals surface area contributed by atoms with Gasteiger partial charge < -0.3 is 5.32 Å². The summed E-state index contributed by atoms with van der Waals surface area (Å²) in [5.74, 6) is 0. The first-order valence-electron chi connectivity index (χ1n) is 5.95. The predicted octanol–water partition coefficient (Wildman–Crippen LogP) is 1.90. The van der Waals surface area contributed by atoms with E-state index in [1.54, 1.807) is 13.2 Å². The Morgan fingerprint density at radius 1 is 1.37 bits per heavy atom. The van der Waals surface area contributed by atoms with Crippen molar-refractivity contribution in [1.82, 2.24) is 14.8 Å². The molecule has 0 fully saturated rings. The largest absolute Gasteiger partial charge is 0.382 e. The Balaban J connectivity index is 1.98. The van der Waals surface area contributed by atoms with Gasteiger partial charge in [0.15, 0.2) is 0 Å². The van der Waals surface area contributed by atoms with Gasteiger partial charge in [-0.2, -0.15) is 5.10 Å². The number of nitrogens with zero attached hydrogens (tertiary/aromatic N) is 3. The monoisotopic (exact) mass is 322 g/mol. The molecule has 100 valence electrons. The average Bonchev–Trinajstić information content (AvgIpc) is 2.41. The Kier molecular flexibility index (Phi) is 4.31. The molecule has 5 nitrogen and oxygen atoms in total. The number of hydrogen-bond acceptors (Lipinski definition) is 4. The molecular formula is C13H15BrN4O. The Hall–Kier alpha value is -1.69. The van der Waals surface area contributed by atoms with Gasteiger partial charge in [-0.1, -0.05) is 6.07 Å². The third-order valence-electron chi connectivity index (χ3n) is 2.78. The number of hydrogen-bond donors (Lipinski definition) is 1. The maximum Gasteiger partial charge on any atom is 0.282 e. The summed E-state index contributed by atoms with van der Waals surface area (Å²) in [6, 6.07) is 4.05. The second kappa shape index (κ2) is 5.97. The number of aryl methyl sites for hydroxylation is 2. The SMILES string of the molecule is Cc1ccc(CCNc2cnn(C)c(=O)c2Br)cn1. The lowest BCUT2D eigenvalue weighted by atomic mass is 10.2. The summed E-state index contributed by atoms with van der Waals surface area (Å²) in [6.07, 6.45) is 4.35. The van der Waals surface area contributed by atoms with E-state index in [1.807, 2.05) is 19.2 Å². The third kappa shape index (κ3) is 3.41. The van der Waals surface area contributed by atoms with Crippen molar-refractivity contribution < 1.29 is 0 Å². The van der Waals surface area contributed by atoms with Gasteiger partial charge in [-0.15, -0.1) is 0 Å². The van der Waals surface area contributed by atoms with Crippen LogP contribution in [0.2, 0.25) is 0 Å². The van der Waals surface area contributed by atoms with Crippen LogP contribution in [0.1, 0.15) is 11.3 Å². The fourth-order valence-corrected chi connectivity index (χ4v) is 2.12. The van der Waals surface area contributed by atoms with E-state index in [4.69, 9.17) is 0 Å². The molecule has 0 radical (unpaired) electrons. The molecule has 6 heteroatoms. The highest BCUT2D eigenvalue weighted by Gasteiger charge is 2.05. The minimum atomic E-state index is -0.151. The van der Waals surface area contributed by atoms with Crippen molar-refractivity contribution in [2.45, 2.75) is 13.3 Å². The van der Waals surface area contributed by atoms with Crippen LogP contribution in [0.4, 0.5) is 5.69 Å². The molecule has 0 aliphatic carbocycles. The Labute approximate surface area is 119 Å². The van der Waals surface area contributed by atoms with Gasteiger partial charge in [0.2, 0.25) is 0 Å². The molecule has 0 bridgehead atoms. The summed E-state index contributed by atoms with van der Waals surface area (Å²) < 4.78 is 1.80. The van der Waals surface area contributed by atoms with E-state index in [9.17, 15) is 4.79 Å². The Morgan fingerprint density at radius 2 is 2.16 bits per heavy atom. The van der Waals surface area contributed by atoms with Crippen molar-refractivity contribution in [3.05, 3.63) is 50.6 Å². The summed E-state index contributed by atoms with van der Waals surface area (Å²) in [7, 11) is 1.62. The van der Waals surface area contributed by atoms with Crippen molar-refractivity contribution in [2.75, 3.05) is 11.9 Å². The van der Waals surface area contributed by atoms with E-state index in [-0.39, 0.29) is 5.56 Å². The molecule has 2 aromatic heterocycles. The molecule has 0 aromatic carbocycles. The molecule has 0 unspecified atom stereocenters. The summed E-state index contributed by atoms with van der Waals surface area (Å²) in [4.78, 5) is 15.9. The van der Waals surface area contributed by atoms with E-state index in [1.165, 1.54) is 4.68 Å². The first kappa shape index (κ1) is 13.7. The molecule has 0 aliphatic rings. The first-order chi connectivity index (χ1) is 9.08. The maximum absolute atomic E-state index is 11.7. The lowest BCUT2D eigenvalue weighted by molar-refractivity contribution is 0.703. The molecule has 0 saturated carbocycles. The van der Waals surface area contributed by atoms with Crippen molar-refractivity contribution in [1.29, 1.82) is 0 Å². The third-order valence-corrected chi connectivity index (χ3v) is 3.55. The number of rotatable bonds is 4. The molecule has 19 heavy (non-hydrogen) atoms. The summed E-state index contributed by atoms with van der Waals surface area (Å²) in [5.41, 5.74) is 2.73. The van der Waals surface area contributed by atoms with Crippen LogP contribution >= 0.6 is 15.9 Å². The maximum atomic E-state index is 11.7. The fraction of sp³-hybridized carbons (Fsp3) is 0.308. The second-order valence-electron chi connectivity index (χ2n) is 4.29. The molecule has 2 rings (SSSR count). The zero-order valence-corrected chi connectivity index (χ0v) is 12.4. The van der Waals surface area contributed by atoms with Crippen LogP contribution in [-0.2, 0) is 13.5 Å². The van der Waals surface area contributed by atoms with Crippen LogP contribution in [0.3, 0.4) is 0 Å². The van der Waals surface area contributed by atoms with Gasteiger partial charge >= 0.3 is 0 Å². The molecule has 0 amide bonds. The van der Waals surface area contributed by atoms with Crippen molar-refractivity contribution in [3.8, 4) is 0 Å². The first-order valence-corrected chi connectivity index (χ1v) is 6.74. The van der Waals surface area contributed by atoms with Crippen LogP contribution in [-0.4, -0.2) is 21.3 Å². The summed E-state index contributed by atoms with van der Waals surface area (Å²) in [5, 5.41) is 7.17. The molecule has 1 N–H and O–H groups in total. The van der Waals surface area contributed by atoms with E-state index in [0.717, 1.165) is 24.2 Å². The molecule has 0 saturated heterocycles. The lowest BCUT2D eigenvalue weighted by Crippen LogP contribution is -2.21. The lowest BCUT2D eigenvalue weighted by Gasteiger charge is -2.08. The van der Waals surface area contributed by atoms with E-state index >= 15 is 0 Å². The average molecular weight is 323 g/mol. The molecule has 2 aromatic rings. The standard InChI is InChI=1S/C13H15BrN4O/c1-9-3-4-10(7-16-9)5-6-15-11-8-17-18(2)13(19)12(11)14/h3-4,7-8,15H,5-6H2,1-2H3. The van der Waals surface area contributed by atoms with Crippen LogP contribution in [0, 0.1) is 6.92 Å². The van der Waals surface area contributed by atoms with Crippen molar-refractivity contribution in [2.24, 2.45) is 7.05 Å². The number of halogens is 1. The molecular weight excluding hydrogens is 308 g/mol.